The van der Waals surface area contributed by atoms with Gasteiger partial charge in [-0.3, -0.25) is 4.79 Å². The predicted octanol–water partition coefficient (Wildman–Crippen LogP) is 3.01. The first-order valence-corrected chi connectivity index (χ1v) is 9.84. The molecule has 10 heteroatoms. The van der Waals surface area contributed by atoms with Crippen molar-refractivity contribution >= 4 is 50.8 Å². The predicted molar refractivity (Wildman–Crippen MR) is 103 cm³/mol. The smallest absolute Gasteiger partial charge is 0.340 e. The summed E-state index contributed by atoms with van der Waals surface area (Å²) in [4.78, 5) is 24.0. The van der Waals surface area contributed by atoms with Gasteiger partial charge in [0.2, 0.25) is 10.0 Å². The van der Waals surface area contributed by atoms with Gasteiger partial charge in [-0.05, 0) is 49.9 Å². The van der Waals surface area contributed by atoms with Crippen molar-refractivity contribution in [3.05, 3.63) is 57.6 Å². The van der Waals surface area contributed by atoms with E-state index in [1.807, 2.05) is 6.92 Å². The average molecular weight is 431 g/mol. The molecule has 2 N–H and O–H groups in total. The number of ether oxygens (including phenoxy) is 1. The van der Waals surface area contributed by atoms with Crippen molar-refractivity contribution in [2.45, 2.75) is 11.8 Å². The van der Waals surface area contributed by atoms with Gasteiger partial charge in [-0.15, -0.1) is 0 Å². The highest BCUT2D eigenvalue weighted by Crippen LogP contribution is 2.23. The lowest BCUT2D eigenvalue weighted by Crippen LogP contribution is -2.22. The van der Waals surface area contributed by atoms with Crippen LogP contribution in [0.2, 0.25) is 10.0 Å². The van der Waals surface area contributed by atoms with Crippen LogP contribution in [0.25, 0.3) is 0 Å². The van der Waals surface area contributed by atoms with E-state index in [-0.39, 0.29) is 15.5 Å². The quantitative estimate of drug-likeness (QED) is 0.685. The van der Waals surface area contributed by atoms with E-state index in [0.29, 0.717) is 10.7 Å². The maximum absolute atomic E-state index is 12.2. The molecule has 144 valence electrons. The van der Waals surface area contributed by atoms with Crippen molar-refractivity contribution in [1.29, 1.82) is 0 Å². The lowest BCUT2D eigenvalue weighted by atomic mass is 10.2. The van der Waals surface area contributed by atoms with Crippen LogP contribution < -0.4 is 10.0 Å². The molecule has 2 rings (SSSR count). The van der Waals surface area contributed by atoms with E-state index in [0.717, 1.165) is 11.6 Å². The number of anilines is 1. The average Bonchev–Trinajstić information content (AvgIpc) is 2.62. The Labute approximate surface area is 166 Å². The molecule has 0 aromatic heterocycles. The number of halogens is 2. The molecule has 0 unspecified atom stereocenters. The number of hydrogen-bond acceptors (Lipinski definition) is 5. The highest BCUT2D eigenvalue weighted by atomic mass is 35.5. The van der Waals surface area contributed by atoms with Gasteiger partial charge in [-0.25, -0.2) is 17.9 Å². The number of hydrogen-bond donors (Lipinski definition) is 2. The highest BCUT2D eigenvalue weighted by Gasteiger charge is 2.19. The second-order valence-corrected chi connectivity index (χ2v) is 8.16. The molecule has 0 bridgehead atoms. The van der Waals surface area contributed by atoms with Crippen LogP contribution in [0.1, 0.15) is 15.9 Å². The molecule has 0 fully saturated rings. The standard InChI is InChI=1S/C17H16Cl2N2O5S/c1-10-3-6-15(14(19)7-10)21-16(22)9-26-17(23)12-8-11(4-5-13(12)18)27(24,25)20-2/h3-8,20H,9H2,1-2H3,(H,21,22). The van der Waals surface area contributed by atoms with E-state index < -0.39 is 28.5 Å². The van der Waals surface area contributed by atoms with Crippen LogP contribution >= 0.6 is 23.2 Å². The van der Waals surface area contributed by atoms with Gasteiger partial charge in [0.05, 0.1) is 26.2 Å². The van der Waals surface area contributed by atoms with Crippen LogP contribution in [0.5, 0.6) is 0 Å². The molecule has 0 heterocycles. The third-order valence-corrected chi connectivity index (χ3v) is 5.52. The van der Waals surface area contributed by atoms with E-state index in [1.165, 1.54) is 19.2 Å². The normalized spacial score (nSPS) is 11.1. The van der Waals surface area contributed by atoms with Crippen molar-refractivity contribution in [2.24, 2.45) is 0 Å². The Bertz CT molecular complexity index is 993. The molecule has 0 aliphatic heterocycles. The van der Waals surface area contributed by atoms with Gasteiger partial charge in [0.1, 0.15) is 0 Å². The van der Waals surface area contributed by atoms with Crippen molar-refractivity contribution in [2.75, 3.05) is 19.0 Å². The minimum atomic E-state index is -3.76. The first-order valence-electron chi connectivity index (χ1n) is 7.60. The van der Waals surface area contributed by atoms with Gasteiger partial charge in [-0.2, -0.15) is 0 Å². The summed E-state index contributed by atoms with van der Waals surface area (Å²) in [5, 5.41) is 2.86. The van der Waals surface area contributed by atoms with Gasteiger partial charge in [-0.1, -0.05) is 29.3 Å². The fourth-order valence-corrected chi connectivity index (χ4v) is 3.30. The minimum Gasteiger partial charge on any atom is -0.452 e. The molecular formula is C17H16Cl2N2O5S. The Balaban J connectivity index is 2.07. The Morgan fingerprint density at radius 2 is 1.78 bits per heavy atom. The summed E-state index contributed by atoms with van der Waals surface area (Å²) in [7, 11) is -2.52. The lowest BCUT2D eigenvalue weighted by Gasteiger charge is -2.10. The zero-order valence-corrected chi connectivity index (χ0v) is 16.7. The van der Waals surface area contributed by atoms with Gasteiger partial charge < -0.3 is 10.1 Å². The van der Waals surface area contributed by atoms with Gasteiger partial charge >= 0.3 is 5.97 Å². The van der Waals surface area contributed by atoms with Crippen LogP contribution in [-0.2, 0) is 19.6 Å². The zero-order chi connectivity index (χ0) is 20.2. The van der Waals surface area contributed by atoms with Gasteiger partial charge in [0.15, 0.2) is 6.61 Å². The number of sulfonamides is 1. The molecule has 0 saturated heterocycles. The summed E-state index contributed by atoms with van der Waals surface area (Å²) in [6.07, 6.45) is 0. The molecule has 27 heavy (non-hydrogen) atoms. The number of esters is 1. The molecule has 0 aliphatic carbocycles. The number of nitrogens with one attached hydrogen (secondary N) is 2. The van der Waals surface area contributed by atoms with E-state index in [1.54, 1.807) is 18.2 Å². The lowest BCUT2D eigenvalue weighted by molar-refractivity contribution is -0.119. The molecule has 0 atom stereocenters. The molecule has 0 radical (unpaired) electrons. The zero-order valence-electron chi connectivity index (χ0n) is 14.4. The first-order chi connectivity index (χ1) is 12.6. The Morgan fingerprint density at radius 1 is 1.07 bits per heavy atom. The summed E-state index contributed by atoms with van der Waals surface area (Å²) in [5.74, 6) is -1.54. The highest BCUT2D eigenvalue weighted by molar-refractivity contribution is 7.89. The van der Waals surface area contributed by atoms with Crippen molar-refractivity contribution in [3.8, 4) is 0 Å². The monoisotopic (exact) mass is 430 g/mol. The van der Waals surface area contributed by atoms with Crippen LogP contribution in [0.4, 0.5) is 5.69 Å². The SMILES string of the molecule is CNS(=O)(=O)c1ccc(Cl)c(C(=O)OCC(=O)Nc2ccc(C)cc2Cl)c1. The van der Waals surface area contributed by atoms with Gasteiger partial charge in [0, 0.05) is 0 Å². The number of carbonyl (C=O) groups is 2. The second kappa shape index (κ2) is 8.71. The molecular weight excluding hydrogens is 415 g/mol. The first kappa shape index (κ1) is 21.2. The summed E-state index contributed by atoms with van der Waals surface area (Å²) in [5.41, 5.74) is 1.13. The topological polar surface area (TPSA) is 102 Å². The van der Waals surface area contributed by atoms with E-state index in [9.17, 15) is 18.0 Å². The van der Waals surface area contributed by atoms with E-state index in [2.05, 4.69) is 10.0 Å². The molecule has 2 aromatic rings. The summed E-state index contributed by atoms with van der Waals surface area (Å²) >= 11 is 12.0. The Kier molecular flexibility index (Phi) is 6.83. The third-order valence-electron chi connectivity index (χ3n) is 3.47. The summed E-state index contributed by atoms with van der Waals surface area (Å²) in [6, 6.07) is 8.65. The van der Waals surface area contributed by atoms with Crippen LogP contribution in [0.3, 0.4) is 0 Å². The molecule has 2 aromatic carbocycles. The van der Waals surface area contributed by atoms with Crippen molar-refractivity contribution < 1.29 is 22.7 Å². The molecule has 7 nitrogen and oxygen atoms in total. The van der Waals surface area contributed by atoms with E-state index >= 15 is 0 Å². The number of carbonyl (C=O) groups excluding carboxylic acids is 2. The Morgan fingerprint density at radius 3 is 2.41 bits per heavy atom. The maximum atomic E-state index is 12.2. The fourth-order valence-electron chi connectivity index (χ4n) is 2.06. The summed E-state index contributed by atoms with van der Waals surface area (Å²) in [6.45, 7) is 1.26. The molecule has 1 amide bonds. The summed E-state index contributed by atoms with van der Waals surface area (Å²) < 4.78 is 30.7. The number of benzene rings is 2. The van der Waals surface area contributed by atoms with Gasteiger partial charge in [0.25, 0.3) is 5.91 Å². The Hall–Kier alpha value is -2.13. The molecule has 0 saturated carbocycles. The number of rotatable bonds is 6. The molecule has 0 spiro atoms. The van der Waals surface area contributed by atoms with Crippen LogP contribution in [0, 0.1) is 6.92 Å². The molecule has 0 aliphatic rings. The largest absolute Gasteiger partial charge is 0.452 e. The third kappa shape index (κ3) is 5.43. The van der Waals surface area contributed by atoms with Crippen molar-refractivity contribution in [1.82, 2.24) is 4.72 Å². The van der Waals surface area contributed by atoms with Crippen LogP contribution in [-0.4, -0.2) is 33.9 Å². The number of amides is 1. The maximum Gasteiger partial charge on any atom is 0.340 e. The fraction of sp³-hybridized carbons (Fsp3) is 0.176. The second-order valence-electron chi connectivity index (χ2n) is 5.46. The van der Waals surface area contributed by atoms with Crippen LogP contribution in [0.15, 0.2) is 41.3 Å². The minimum absolute atomic E-state index is 0.00274. The number of aryl methyl sites for hydroxylation is 1. The van der Waals surface area contributed by atoms with Crippen molar-refractivity contribution in [3.63, 3.8) is 0 Å². The van der Waals surface area contributed by atoms with E-state index in [4.69, 9.17) is 27.9 Å².